The number of dihydropyridines is 1. The summed E-state index contributed by atoms with van der Waals surface area (Å²) in [6, 6.07) is 4.25. The first-order chi connectivity index (χ1) is 13.6. The highest BCUT2D eigenvalue weighted by atomic mass is 15.1. The van der Waals surface area contributed by atoms with Crippen LogP contribution in [0.15, 0.2) is 46.4 Å². The molecule has 1 saturated carbocycles. The van der Waals surface area contributed by atoms with Crippen LogP contribution < -0.4 is 16.1 Å². The molecule has 0 spiro atoms. The van der Waals surface area contributed by atoms with Gasteiger partial charge < -0.3 is 15.2 Å². The topological polar surface area (TPSA) is 41.4 Å². The van der Waals surface area contributed by atoms with E-state index in [0.29, 0.717) is 5.92 Å². The van der Waals surface area contributed by atoms with Gasteiger partial charge in [0.2, 0.25) is 0 Å². The summed E-state index contributed by atoms with van der Waals surface area (Å²) < 4.78 is 2.06. The summed E-state index contributed by atoms with van der Waals surface area (Å²) in [7, 11) is 2.04. The Morgan fingerprint density at radius 1 is 1.25 bits per heavy atom. The molecule has 0 aromatic carbocycles. The number of anilines is 1. The van der Waals surface area contributed by atoms with Crippen LogP contribution in [0.3, 0.4) is 0 Å². The van der Waals surface area contributed by atoms with Gasteiger partial charge in [0, 0.05) is 38.1 Å². The van der Waals surface area contributed by atoms with Gasteiger partial charge in [-0.1, -0.05) is 45.6 Å². The third-order valence-electron chi connectivity index (χ3n) is 6.32. The molecule has 0 radical (unpaired) electrons. The number of hydrogen-bond donors (Lipinski definition) is 2. The smallest absolute Gasteiger partial charge is 0.129 e. The number of nitrogens with zero attached hydrogens (tertiary/aromatic N) is 2. The molecule has 1 aromatic heterocycles. The Bertz CT molecular complexity index is 778. The van der Waals surface area contributed by atoms with Crippen LogP contribution in [0.4, 0.5) is 5.69 Å². The fraction of sp³-hybridized carbons (Fsp3) is 0.625. The van der Waals surface area contributed by atoms with E-state index in [1.54, 1.807) is 5.57 Å². The van der Waals surface area contributed by atoms with Crippen LogP contribution in [0.2, 0.25) is 0 Å². The molecule has 1 aromatic rings. The van der Waals surface area contributed by atoms with Crippen LogP contribution in [0.5, 0.6) is 0 Å². The molecule has 0 saturated heterocycles. The number of allylic oxidation sites excluding steroid dienone is 2. The number of pyridine rings is 1. The normalized spacial score (nSPS) is 20.0. The monoisotopic (exact) mass is 382 g/mol. The maximum absolute atomic E-state index is 4.58. The molecule has 4 nitrogen and oxygen atoms in total. The molecule has 4 heteroatoms. The average Bonchev–Trinajstić information content (AvgIpc) is 2.72. The summed E-state index contributed by atoms with van der Waals surface area (Å²) in [4.78, 5) is 4.58. The molecule has 1 atom stereocenters. The van der Waals surface area contributed by atoms with Crippen LogP contribution >= 0.6 is 0 Å². The Kier molecular flexibility index (Phi) is 7.41. The Hall–Kier alpha value is -1.97. The molecule has 1 fully saturated rings. The van der Waals surface area contributed by atoms with Crippen molar-refractivity contribution in [3.63, 3.8) is 0 Å². The van der Waals surface area contributed by atoms with Gasteiger partial charge in [0.05, 0.1) is 0 Å². The minimum absolute atomic E-state index is 0.687. The van der Waals surface area contributed by atoms with Crippen molar-refractivity contribution in [2.45, 2.75) is 65.7 Å². The molecule has 3 rings (SSSR count). The van der Waals surface area contributed by atoms with Gasteiger partial charge in [-0.3, -0.25) is 4.99 Å². The molecule has 154 valence electrons. The van der Waals surface area contributed by atoms with Crippen LogP contribution in [0, 0.1) is 11.8 Å². The summed E-state index contributed by atoms with van der Waals surface area (Å²) in [6.45, 7) is 8.54. The van der Waals surface area contributed by atoms with E-state index in [2.05, 4.69) is 65.4 Å². The molecule has 2 heterocycles. The summed E-state index contributed by atoms with van der Waals surface area (Å²) in [5.74, 6) is 2.72. The Morgan fingerprint density at radius 2 is 2.04 bits per heavy atom. The lowest BCUT2D eigenvalue weighted by Gasteiger charge is -2.32. The SMILES string of the molecule is CCCC1=C(Nc2ccn(C)c(=NCC)c2)NCC(C(C)C2CCCCC2)=C1. The number of aromatic nitrogens is 1. The zero-order valence-electron chi connectivity index (χ0n) is 18.2. The van der Waals surface area contributed by atoms with Crippen molar-refractivity contribution in [3.8, 4) is 0 Å². The summed E-state index contributed by atoms with van der Waals surface area (Å²) >= 11 is 0. The van der Waals surface area contributed by atoms with Crippen LogP contribution in [-0.2, 0) is 7.05 Å². The van der Waals surface area contributed by atoms with E-state index in [4.69, 9.17) is 0 Å². The lowest BCUT2D eigenvalue weighted by molar-refractivity contribution is 0.287. The van der Waals surface area contributed by atoms with Gasteiger partial charge in [-0.05, 0) is 55.2 Å². The zero-order chi connectivity index (χ0) is 19.9. The first-order valence-electron chi connectivity index (χ1n) is 11.2. The third-order valence-corrected chi connectivity index (χ3v) is 6.32. The molecular formula is C24H38N4. The van der Waals surface area contributed by atoms with Crippen molar-refractivity contribution < 1.29 is 0 Å². The van der Waals surface area contributed by atoms with Gasteiger partial charge in [0.15, 0.2) is 0 Å². The number of nitrogens with one attached hydrogen (secondary N) is 2. The van der Waals surface area contributed by atoms with Crippen LogP contribution in [0.1, 0.15) is 65.7 Å². The zero-order valence-corrected chi connectivity index (χ0v) is 18.2. The molecule has 0 amide bonds. The number of hydrogen-bond acceptors (Lipinski definition) is 3. The minimum Gasteiger partial charge on any atom is -0.368 e. The molecule has 1 unspecified atom stereocenters. The van der Waals surface area contributed by atoms with Crippen molar-refractivity contribution in [3.05, 3.63) is 46.9 Å². The maximum atomic E-state index is 4.58. The largest absolute Gasteiger partial charge is 0.368 e. The molecule has 1 aliphatic heterocycles. The minimum atomic E-state index is 0.687. The second-order valence-corrected chi connectivity index (χ2v) is 8.39. The van der Waals surface area contributed by atoms with Gasteiger partial charge in [0.1, 0.15) is 11.3 Å². The van der Waals surface area contributed by atoms with Gasteiger partial charge in [-0.25, -0.2) is 0 Å². The van der Waals surface area contributed by atoms with Crippen molar-refractivity contribution >= 4 is 5.69 Å². The highest BCUT2D eigenvalue weighted by Crippen LogP contribution is 2.35. The molecule has 0 bridgehead atoms. The van der Waals surface area contributed by atoms with E-state index < -0.39 is 0 Å². The first-order valence-corrected chi connectivity index (χ1v) is 11.2. The molecule has 1 aliphatic carbocycles. The van der Waals surface area contributed by atoms with Crippen LogP contribution in [-0.4, -0.2) is 17.7 Å². The maximum Gasteiger partial charge on any atom is 0.129 e. The number of aryl methyl sites for hydroxylation is 1. The van der Waals surface area contributed by atoms with Gasteiger partial charge in [0.25, 0.3) is 0 Å². The second-order valence-electron chi connectivity index (χ2n) is 8.39. The molecule has 28 heavy (non-hydrogen) atoms. The van der Waals surface area contributed by atoms with E-state index in [0.717, 1.165) is 48.8 Å². The van der Waals surface area contributed by atoms with E-state index in [1.807, 2.05) is 7.05 Å². The van der Waals surface area contributed by atoms with Gasteiger partial charge in [-0.2, -0.15) is 0 Å². The lowest BCUT2D eigenvalue weighted by Crippen LogP contribution is -2.31. The second kappa shape index (κ2) is 9.99. The van der Waals surface area contributed by atoms with Crippen LogP contribution in [0.25, 0.3) is 0 Å². The standard InChI is InChI=1S/C24H38N4/c1-5-10-20-15-21(18(3)19-11-8-7-9-12-19)17-26-24(20)27-22-13-14-28(4)23(16-22)25-6-2/h13-16,18-19,26-27H,5-12,17H2,1-4H3. The fourth-order valence-corrected chi connectivity index (χ4v) is 4.57. The summed E-state index contributed by atoms with van der Waals surface area (Å²) in [5, 5.41) is 7.33. The Morgan fingerprint density at radius 3 is 2.75 bits per heavy atom. The van der Waals surface area contributed by atoms with E-state index in [-0.39, 0.29) is 0 Å². The van der Waals surface area contributed by atoms with Crippen molar-refractivity contribution in [1.29, 1.82) is 0 Å². The van der Waals surface area contributed by atoms with Gasteiger partial charge >= 0.3 is 0 Å². The van der Waals surface area contributed by atoms with Crippen molar-refractivity contribution in [2.24, 2.45) is 23.9 Å². The van der Waals surface area contributed by atoms with E-state index in [1.165, 1.54) is 37.7 Å². The van der Waals surface area contributed by atoms with E-state index >= 15 is 0 Å². The summed E-state index contributed by atoms with van der Waals surface area (Å²) in [5.41, 5.74) is 5.09. The molecule has 2 N–H and O–H groups in total. The Labute approximate surface area is 170 Å². The third kappa shape index (κ3) is 5.09. The molecular weight excluding hydrogens is 344 g/mol. The lowest BCUT2D eigenvalue weighted by atomic mass is 9.76. The van der Waals surface area contributed by atoms with E-state index in [9.17, 15) is 0 Å². The molecule has 2 aliphatic rings. The first kappa shape index (κ1) is 20.8. The Balaban J connectivity index is 1.82. The fourth-order valence-electron chi connectivity index (χ4n) is 4.57. The highest BCUT2D eigenvalue weighted by molar-refractivity contribution is 5.50. The van der Waals surface area contributed by atoms with Gasteiger partial charge in [-0.15, -0.1) is 0 Å². The highest BCUT2D eigenvalue weighted by Gasteiger charge is 2.25. The average molecular weight is 383 g/mol. The van der Waals surface area contributed by atoms with Crippen molar-refractivity contribution in [2.75, 3.05) is 18.4 Å². The number of rotatable bonds is 7. The predicted octanol–water partition coefficient (Wildman–Crippen LogP) is 5.12. The quantitative estimate of drug-likeness (QED) is 0.687. The summed E-state index contributed by atoms with van der Waals surface area (Å²) in [6.07, 6.45) is 13.9. The predicted molar refractivity (Wildman–Crippen MR) is 119 cm³/mol. The van der Waals surface area contributed by atoms with Crippen molar-refractivity contribution in [1.82, 2.24) is 9.88 Å².